The van der Waals surface area contributed by atoms with Gasteiger partial charge in [-0.05, 0) is 24.8 Å². The summed E-state index contributed by atoms with van der Waals surface area (Å²) in [4.78, 5) is 24.4. The molecule has 0 spiro atoms. The molecule has 1 aliphatic carbocycles. The summed E-state index contributed by atoms with van der Waals surface area (Å²) in [7, 11) is 0. The number of H-pyrrole nitrogens is 2. The third-order valence-electron chi connectivity index (χ3n) is 4.98. The van der Waals surface area contributed by atoms with Crippen molar-refractivity contribution in [1.82, 2.24) is 24.7 Å². The maximum Gasteiger partial charge on any atom is 0.276 e. The lowest BCUT2D eigenvalue weighted by Gasteiger charge is -2.21. The summed E-state index contributed by atoms with van der Waals surface area (Å²) in [6.45, 7) is 0. The van der Waals surface area contributed by atoms with Crippen LogP contribution in [0, 0.1) is 17.2 Å². The van der Waals surface area contributed by atoms with Crippen molar-refractivity contribution in [3.8, 4) is 17.3 Å². The number of aromatic nitrogens is 5. The number of hydrogen-bond donors (Lipinski definition) is 2. The van der Waals surface area contributed by atoms with Gasteiger partial charge >= 0.3 is 0 Å². The molecule has 24 heavy (non-hydrogen) atoms. The molecule has 0 aromatic carbocycles. The summed E-state index contributed by atoms with van der Waals surface area (Å²) >= 11 is 0. The van der Waals surface area contributed by atoms with E-state index in [1.54, 1.807) is 17.1 Å². The van der Waals surface area contributed by atoms with Gasteiger partial charge in [-0.3, -0.25) is 4.79 Å². The van der Waals surface area contributed by atoms with Crippen molar-refractivity contribution in [2.24, 2.45) is 5.92 Å². The third-order valence-corrected chi connectivity index (χ3v) is 4.98. The van der Waals surface area contributed by atoms with Gasteiger partial charge < -0.3 is 10.1 Å². The molecule has 1 atom stereocenters. The van der Waals surface area contributed by atoms with Gasteiger partial charge in [-0.25, -0.2) is 14.6 Å². The highest BCUT2D eigenvalue weighted by Crippen LogP contribution is 2.35. The molecule has 0 radical (unpaired) electrons. The molecule has 1 unspecified atom stereocenters. The van der Waals surface area contributed by atoms with E-state index in [0.717, 1.165) is 18.2 Å². The first kappa shape index (κ1) is 14.7. The number of nitrogens with zero attached hydrogens (tertiary/aromatic N) is 4. The number of nitrogens with one attached hydrogen (secondary N) is 2. The molecule has 0 saturated heterocycles. The normalized spacial score (nSPS) is 16.5. The van der Waals surface area contributed by atoms with E-state index in [2.05, 4.69) is 26.1 Å². The Morgan fingerprint density at radius 2 is 2.21 bits per heavy atom. The van der Waals surface area contributed by atoms with Gasteiger partial charge in [-0.15, -0.1) is 0 Å². The molecular formula is C17H18N6O. The molecule has 7 nitrogen and oxygen atoms in total. The van der Waals surface area contributed by atoms with Crippen molar-refractivity contribution in [3.05, 3.63) is 35.1 Å². The Morgan fingerprint density at radius 1 is 1.38 bits per heavy atom. The predicted octanol–water partition coefficient (Wildman–Crippen LogP) is 2.76. The lowest BCUT2D eigenvalue weighted by Crippen LogP contribution is -2.27. The summed E-state index contributed by atoms with van der Waals surface area (Å²) < 4.78 is 1.62. The molecule has 1 saturated carbocycles. The van der Waals surface area contributed by atoms with Crippen LogP contribution in [-0.4, -0.2) is 24.7 Å². The molecule has 3 aromatic heterocycles. The van der Waals surface area contributed by atoms with E-state index < -0.39 is 0 Å². The summed E-state index contributed by atoms with van der Waals surface area (Å²) in [6.07, 6.45) is 9.75. The highest BCUT2D eigenvalue weighted by atomic mass is 16.1. The topological polar surface area (TPSA) is 103 Å². The van der Waals surface area contributed by atoms with Crippen LogP contribution in [0.15, 0.2) is 29.6 Å². The molecule has 2 N–H and O–H groups in total. The second-order valence-corrected chi connectivity index (χ2v) is 6.30. The fraction of sp³-hybridized carbons (Fsp3) is 0.412. The van der Waals surface area contributed by atoms with Crippen LogP contribution in [0.1, 0.15) is 38.1 Å². The van der Waals surface area contributed by atoms with Gasteiger partial charge in [0.05, 0.1) is 29.8 Å². The first-order valence-electron chi connectivity index (χ1n) is 8.25. The van der Waals surface area contributed by atoms with Gasteiger partial charge in [0.1, 0.15) is 12.0 Å². The summed E-state index contributed by atoms with van der Waals surface area (Å²) in [5.74, 6) is 0.381. The van der Waals surface area contributed by atoms with Crippen LogP contribution in [-0.2, 0) is 0 Å². The molecule has 0 amide bonds. The van der Waals surface area contributed by atoms with Crippen LogP contribution >= 0.6 is 0 Å². The second-order valence-electron chi connectivity index (χ2n) is 6.30. The Balaban J connectivity index is 1.79. The van der Waals surface area contributed by atoms with E-state index in [-0.39, 0.29) is 11.6 Å². The van der Waals surface area contributed by atoms with Gasteiger partial charge in [-0.1, -0.05) is 12.8 Å². The molecular weight excluding hydrogens is 304 g/mol. The first-order valence-corrected chi connectivity index (χ1v) is 8.25. The average Bonchev–Trinajstić information content (AvgIpc) is 3.33. The number of nitriles is 1. The van der Waals surface area contributed by atoms with Crippen LogP contribution < -0.4 is 5.56 Å². The molecule has 7 heteroatoms. The van der Waals surface area contributed by atoms with Gasteiger partial charge in [-0.2, -0.15) is 5.26 Å². The third kappa shape index (κ3) is 2.31. The quantitative estimate of drug-likeness (QED) is 0.770. The Labute approximate surface area is 138 Å². The maximum absolute atomic E-state index is 13.0. The minimum Gasteiger partial charge on any atom is -0.346 e. The van der Waals surface area contributed by atoms with E-state index in [1.165, 1.54) is 19.2 Å². The Bertz CT molecular complexity index is 953. The zero-order chi connectivity index (χ0) is 16.5. The second kappa shape index (κ2) is 5.96. The lowest BCUT2D eigenvalue weighted by atomic mass is 9.96. The van der Waals surface area contributed by atoms with E-state index in [0.29, 0.717) is 29.2 Å². The summed E-state index contributed by atoms with van der Waals surface area (Å²) in [6, 6.07) is 4.01. The van der Waals surface area contributed by atoms with Crippen molar-refractivity contribution < 1.29 is 0 Å². The molecule has 3 heterocycles. The van der Waals surface area contributed by atoms with E-state index in [9.17, 15) is 10.1 Å². The number of aromatic amines is 2. The van der Waals surface area contributed by atoms with Crippen molar-refractivity contribution in [2.75, 3.05) is 0 Å². The van der Waals surface area contributed by atoms with Gasteiger partial charge in [0.2, 0.25) is 0 Å². The molecule has 3 aromatic rings. The van der Waals surface area contributed by atoms with Crippen molar-refractivity contribution in [3.63, 3.8) is 0 Å². The SMILES string of the molecule is N#CCC(C1CCCC1)n1[nH]cc(-c2ncnc3[nH]ccc23)c1=O. The minimum atomic E-state index is -0.122. The Hall–Kier alpha value is -2.88. The predicted molar refractivity (Wildman–Crippen MR) is 89.2 cm³/mol. The largest absolute Gasteiger partial charge is 0.346 e. The molecule has 1 aliphatic rings. The average molecular weight is 322 g/mol. The molecule has 122 valence electrons. The maximum atomic E-state index is 13.0. The lowest BCUT2D eigenvalue weighted by molar-refractivity contribution is 0.308. The molecule has 0 bridgehead atoms. The van der Waals surface area contributed by atoms with Gasteiger partial charge in [0.15, 0.2) is 0 Å². The van der Waals surface area contributed by atoms with Crippen LogP contribution in [0.3, 0.4) is 0 Å². The minimum absolute atomic E-state index is 0.0951. The van der Waals surface area contributed by atoms with Crippen molar-refractivity contribution in [1.29, 1.82) is 5.26 Å². The number of fused-ring (bicyclic) bond motifs is 1. The first-order chi connectivity index (χ1) is 11.8. The van der Waals surface area contributed by atoms with Crippen LogP contribution in [0.4, 0.5) is 0 Å². The molecule has 1 fully saturated rings. The number of hydrogen-bond acceptors (Lipinski definition) is 4. The molecule has 0 aliphatic heterocycles. The van der Waals surface area contributed by atoms with Crippen LogP contribution in [0.2, 0.25) is 0 Å². The Morgan fingerprint density at radius 3 is 3.00 bits per heavy atom. The van der Waals surface area contributed by atoms with Gasteiger partial charge in [0, 0.05) is 17.8 Å². The zero-order valence-corrected chi connectivity index (χ0v) is 13.2. The van der Waals surface area contributed by atoms with E-state index in [4.69, 9.17) is 0 Å². The smallest absolute Gasteiger partial charge is 0.276 e. The van der Waals surface area contributed by atoms with E-state index >= 15 is 0 Å². The fourth-order valence-electron chi connectivity index (χ4n) is 3.79. The summed E-state index contributed by atoms with van der Waals surface area (Å²) in [5, 5.41) is 13.1. The monoisotopic (exact) mass is 322 g/mol. The van der Waals surface area contributed by atoms with E-state index in [1.807, 2.05) is 6.07 Å². The Kier molecular flexibility index (Phi) is 3.65. The van der Waals surface area contributed by atoms with Gasteiger partial charge in [0.25, 0.3) is 5.56 Å². The highest BCUT2D eigenvalue weighted by Gasteiger charge is 2.28. The standard InChI is InChI=1S/C17H18N6O/c18-7-5-14(11-3-1-2-4-11)23-17(24)13(9-22-23)15-12-6-8-19-16(12)21-10-20-15/h6,8-11,14,22H,1-5H2,(H,19,20,21). The van der Waals surface area contributed by atoms with Crippen LogP contribution in [0.5, 0.6) is 0 Å². The van der Waals surface area contributed by atoms with Crippen molar-refractivity contribution >= 4 is 11.0 Å². The summed E-state index contributed by atoms with van der Waals surface area (Å²) in [5.41, 5.74) is 1.71. The molecule has 4 rings (SSSR count). The fourth-order valence-corrected chi connectivity index (χ4v) is 3.79. The zero-order valence-electron chi connectivity index (χ0n) is 13.2. The number of rotatable bonds is 4. The highest BCUT2D eigenvalue weighted by molar-refractivity contribution is 5.89. The van der Waals surface area contributed by atoms with Crippen molar-refractivity contribution in [2.45, 2.75) is 38.1 Å². The van der Waals surface area contributed by atoms with Crippen LogP contribution in [0.25, 0.3) is 22.3 Å².